The summed E-state index contributed by atoms with van der Waals surface area (Å²) in [6, 6.07) is 5.37. The number of aromatic nitrogens is 1. The maximum atomic E-state index is 11.1. The molecule has 3 nitrogen and oxygen atoms in total. The van der Waals surface area contributed by atoms with Crippen molar-refractivity contribution in [1.29, 1.82) is 0 Å². The van der Waals surface area contributed by atoms with Crippen molar-refractivity contribution < 1.29 is 4.73 Å². The molecule has 0 atom stereocenters. The summed E-state index contributed by atoms with van der Waals surface area (Å²) in [5, 5.41) is 14.2. The molecule has 1 N–H and O–H groups in total. The van der Waals surface area contributed by atoms with Gasteiger partial charge in [0.15, 0.2) is 0 Å². The molecule has 1 aromatic heterocycles. The van der Waals surface area contributed by atoms with Crippen LogP contribution >= 0.6 is 0 Å². The van der Waals surface area contributed by atoms with E-state index in [4.69, 9.17) is 0 Å². The second kappa shape index (κ2) is 5.41. The average molecular weight is 180 g/mol. The molecule has 13 heavy (non-hydrogen) atoms. The van der Waals surface area contributed by atoms with Crippen molar-refractivity contribution in [3.05, 3.63) is 29.6 Å². The van der Waals surface area contributed by atoms with Gasteiger partial charge in [-0.05, 0) is 18.9 Å². The largest absolute Gasteiger partial charge is 0.711 e. The topological polar surface area (TPSA) is 39.0 Å². The van der Waals surface area contributed by atoms with Crippen LogP contribution < -0.4 is 10.0 Å². The van der Waals surface area contributed by atoms with Gasteiger partial charge in [0.05, 0.1) is 12.7 Å². The van der Waals surface area contributed by atoms with Crippen molar-refractivity contribution in [1.82, 2.24) is 0 Å². The Bertz CT molecular complexity index is 250. The van der Waals surface area contributed by atoms with Crippen LogP contribution in [-0.4, -0.2) is 6.54 Å². The Morgan fingerprint density at radius 1 is 1.38 bits per heavy atom. The second-order valence-corrected chi connectivity index (χ2v) is 3.05. The summed E-state index contributed by atoms with van der Waals surface area (Å²) in [6.07, 6.45) is 5.03. The van der Waals surface area contributed by atoms with Crippen LogP contribution in [0.25, 0.3) is 0 Å². The van der Waals surface area contributed by atoms with E-state index in [1.54, 1.807) is 12.1 Å². The number of anilines is 1. The van der Waals surface area contributed by atoms with Gasteiger partial charge < -0.3 is 5.21 Å². The number of unbranched alkanes of at least 4 members (excludes halogenated alkanes) is 2. The molecule has 1 heterocycles. The summed E-state index contributed by atoms with van der Waals surface area (Å²) < 4.78 is 0.853. The molecule has 1 aromatic rings. The summed E-state index contributed by atoms with van der Waals surface area (Å²) in [4.78, 5) is 0. The average Bonchev–Trinajstić information content (AvgIpc) is 2.15. The minimum atomic E-state index is 0.638. The zero-order chi connectivity index (χ0) is 9.52. The number of pyridine rings is 1. The van der Waals surface area contributed by atoms with Crippen molar-refractivity contribution in [2.24, 2.45) is 0 Å². The van der Waals surface area contributed by atoms with Crippen molar-refractivity contribution >= 4 is 5.82 Å². The minimum Gasteiger partial charge on any atom is -0.711 e. The lowest BCUT2D eigenvalue weighted by atomic mass is 10.2. The van der Waals surface area contributed by atoms with Crippen LogP contribution in [0.4, 0.5) is 5.82 Å². The maximum Gasteiger partial charge on any atom is 0.277 e. The number of nitrogens with one attached hydrogen (secondary N) is 1. The first kappa shape index (κ1) is 9.84. The van der Waals surface area contributed by atoms with Gasteiger partial charge in [0.1, 0.15) is 0 Å². The molecule has 0 aliphatic rings. The summed E-state index contributed by atoms with van der Waals surface area (Å²) in [5.41, 5.74) is 0. The lowest BCUT2D eigenvalue weighted by Crippen LogP contribution is -2.30. The molecular weight excluding hydrogens is 164 g/mol. The van der Waals surface area contributed by atoms with E-state index >= 15 is 0 Å². The van der Waals surface area contributed by atoms with Crippen LogP contribution in [0.15, 0.2) is 24.4 Å². The molecule has 0 saturated heterocycles. The first-order chi connectivity index (χ1) is 6.34. The van der Waals surface area contributed by atoms with Gasteiger partial charge >= 0.3 is 0 Å². The van der Waals surface area contributed by atoms with E-state index in [0.29, 0.717) is 5.82 Å². The zero-order valence-corrected chi connectivity index (χ0v) is 7.99. The van der Waals surface area contributed by atoms with Crippen LogP contribution in [-0.2, 0) is 0 Å². The Kier molecular flexibility index (Phi) is 4.09. The Morgan fingerprint density at radius 2 is 2.23 bits per heavy atom. The normalized spacial score (nSPS) is 9.92. The van der Waals surface area contributed by atoms with Crippen molar-refractivity contribution in [3.63, 3.8) is 0 Å². The minimum absolute atomic E-state index is 0.638. The lowest BCUT2D eigenvalue weighted by molar-refractivity contribution is -0.590. The molecule has 0 radical (unpaired) electrons. The third-order valence-corrected chi connectivity index (χ3v) is 1.91. The number of nitrogens with zero attached hydrogens (tertiary/aromatic N) is 1. The smallest absolute Gasteiger partial charge is 0.277 e. The van der Waals surface area contributed by atoms with Crippen LogP contribution in [0.1, 0.15) is 26.2 Å². The van der Waals surface area contributed by atoms with Crippen LogP contribution in [0.2, 0.25) is 0 Å². The third kappa shape index (κ3) is 3.32. The SMILES string of the molecule is CCCCCNc1cccc[n+]1[O-]. The van der Waals surface area contributed by atoms with Gasteiger partial charge in [-0.25, -0.2) is 4.73 Å². The summed E-state index contributed by atoms with van der Waals surface area (Å²) >= 11 is 0. The van der Waals surface area contributed by atoms with E-state index in [1.165, 1.54) is 19.0 Å². The van der Waals surface area contributed by atoms with Gasteiger partial charge in [-0.3, -0.25) is 5.32 Å². The molecule has 3 heteroatoms. The first-order valence-electron chi connectivity index (χ1n) is 4.76. The molecule has 0 saturated carbocycles. The first-order valence-corrected chi connectivity index (χ1v) is 4.76. The van der Waals surface area contributed by atoms with E-state index in [0.717, 1.165) is 17.7 Å². The predicted molar refractivity (Wildman–Crippen MR) is 53.4 cm³/mol. The summed E-state index contributed by atoms with van der Waals surface area (Å²) in [6.45, 7) is 3.04. The Labute approximate surface area is 79.0 Å². The van der Waals surface area contributed by atoms with Gasteiger partial charge in [-0.1, -0.05) is 19.4 Å². The fraction of sp³-hybridized carbons (Fsp3) is 0.500. The molecule has 0 amide bonds. The highest BCUT2D eigenvalue weighted by Gasteiger charge is 1.99. The van der Waals surface area contributed by atoms with E-state index in [2.05, 4.69) is 12.2 Å². The Hall–Kier alpha value is -1.25. The highest BCUT2D eigenvalue weighted by atomic mass is 16.5. The predicted octanol–water partition coefficient (Wildman–Crippen LogP) is 1.92. The molecule has 0 spiro atoms. The van der Waals surface area contributed by atoms with Gasteiger partial charge in [0, 0.05) is 6.07 Å². The van der Waals surface area contributed by atoms with E-state index in [9.17, 15) is 5.21 Å². The van der Waals surface area contributed by atoms with Crippen LogP contribution in [0.3, 0.4) is 0 Å². The Morgan fingerprint density at radius 3 is 2.92 bits per heavy atom. The van der Waals surface area contributed by atoms with Crippen molar-refractivity contribution in [3.8, 4) is 0 Å². The zero-order valence-electron chi connectivity index (χ0n) is 7.99. The van der Waals surface area contributed by atoms with Crippen molar-refractivity contribution in [2.75, 3.05) is 11.9 Å². The van der Waals surface area contributed by atoms with E-state index in [-0.39, 0.29) is 0 Å². The lowest BCUT2D eigenvalue weighted by Gasteiger charge is -2.07. The molecule has 0 bridgehead atoms. The fourth-order valence-corrected chi connectivity index (χ4v) is 1.16. The second-order valence-electron chi connectivity index (χ2n) is 3.05. The molecule has 0 aliphatic heterocycles. The molecule has 0 fully saturated rings. The summed E-state index contributed by atoms with van der Waals surface area (Å²) in [5.74, 6) is 0.638. The molecule has 0 aliphatic carbocycles. The molecule has 0 unspecified atom stereocenters. The standard InChI is InChI=1S/C10H16N2O/c1-2-3-5-8-11-10-7-4-6-9-12(10)13/h4,6-7,9,11H,2-3,5,8H2,1H3. The van der Waals surface area contributed by atoms with Crippen LogP contribution in [0, 0.1) is 5.21 Å². The Balaban J connectivity index is 2.32. The van der Waals surface area contributed by atoms with Gasteiger partial charge in [0.25, 0.3) is 5.82 Å². The van der Waals surface area contributed by atoms with E-state index < -0.39 is 0 Å². The fourth-order valence-electron chi connectivity index (χ4n) is 1.16. The van der Waals surface area contributed by atoms with Gasteiger partial charge in [-0.15, -0.1) is 0 Å². The van der Waals surface area contributed by atoms with E-state index in [1.807, 2.05) is 6.07 Å². The van der Waals surface area contributed by atoms with Crippen molar-refractivity contribution in [2.45, 2.75) is 26.2 Å². The number of hydrogen-bond donors (Lipinski definition) is 1. The quantitative estimate of drug-likeness (QED) is 0.427. The molecular formula is C10H16N2O. The van der Waals surface area contributed by atoms with Crippen LogP contribution in [0.5, 0.6) is 0 Å². The highest BCUT2D eigenvalue weighted by molar-refractivity contribution is 5.27. The molecule has 0 aromatic carbocycles. The number of hydrogen-bond acceptors (Lipinski definition) is 2. The molecule has 72 valence electrons. The maximum absolute atomic E-state index is 11.1. The third-order valence-electron chi connectivity index (χ3n) is 1.91. The number of rotatable bonds is 5. The molecule has 1 rings (SSSR count). The highest BCUT2D eigenvalue weighted by Crippen LogP contribution is 1.99. The van der Waals surface area contributed by atoms with Gasteiger partial charge in [-0.2, -0.15) is 0 Å². The monoisotopic (exact) mass is 180 g/mol. The van der Waals surface area contributed by atoms with Gasteiger partial charge in [0.2, 0.25) is 0 Å². The summed E-state index contributed by atoms with van der Waals surface area (Å²) in [7, 11) is 0.